The van der Waals surface area contributed by atoms with Crippen LogP contribution in [0.3, 0.4) is 0 Å². The summed E-state index contributed by atoms with van der Waals surface area (Å²) >= 11 is 5.87. The van der Waals surface area contributed by atoms with E-state index in [1.54, 1.807) is 30.5 Å². The topological polar surface area (TPSA) is 83.5 Å². The van der Waals surface area contributed by atoms with Crippen molar-refractivity contribution in [3.8, 4) is 0 Å². The lowest BCUT2D eigenvalue weighted by molar-refractivity contribution is -0.120. The first-order valence-corrected chi connectivity index (χ1v) is 7.34. The number of nitrogens with zero attached hydrogens (tertiary/aromatic N) is 2. The zero-order chi connectivity index (χ0) is 16.2. The molecule has 2 amide bonds. The molecule has 1 aliphatic rings. The first kappa shape index (κ1) is 15.2. The number of nitrogens with one attached hydrogen (secondary N) is 2. The van der Waals surface area contributed by atoms with Gasteiger partial charge >= 0.3 is 0 Å². The predicted octanol–water partition coefficient (Wildman–Crippen LogP) is 2.08. The van der Waals surface area contributed by atoms with Crippen LogP contribution in [0.25, 0.3) is 0 Å². The maximum absolute atomic E-state index is 12.1. The zero-order valence-corrected chi connectivity index (χ0v) is 12.7. The van der Waals surface area contributed by atoms with Crippen LogP contribution >= 0.6 is 11.6 Å². The van der Waals surface area contributed by atoms with Gasteiger partial charge in [-0.15, -0.1) is 0 Å². The van der Waals surface area contributed by atoms with E-state index in [4.69, 9.17) is 11.6 Å². The van der Waals surface area contributed by atoms with Gasteiger partial charge in [0.1, 0.15) is 0 Å². The molecule has 116 valence electrons. The second-order valence-corrected chi connectivity index (χ2v) is 5.43. The smallest absolute Gasteiger partial charge is 0.259 e. The molecule has 1 aliphatic heterocycles. The van der Waals surface area contributed by atoms with Gasteiger partial charge in [-0.05, 0) is 29.8 Å². The molecule has 0 unspecified atom stereocenters. The van der Waals surface area contributed by atoms with Crippen LogP contribution in [0.15, 0.2) is 53.8 Å². The molecular formula is C16H13ClN4O2. The van der Waals surface area contributed by atoms with Crippen molar-refractivity contribution in [2.45, 2.75) is 12.5 Å². The molecule has 2 aromatic rings. The molecular weight excluding hydrogens is 316 g/mol. The Balaban J connectivity index is 1.79. The molecule has 7 heteroatoms. The van der Waals surface area contributed by atoms with Gasteiger partial charge in [-0.25, -0.2) is 4.99 Å². The third-order valence-electron chi connectivity index (χ3n) is 3.33. The highest BCUT2D eigenvalue weighted by atomic mass is 35.5. The van der Waals surface area contributed by atoms with Crippen LogP contribution < -0.4 is 10.6 Å². The van der Waals surface area contributed by atoms with Crippen LogP contribution in [0.1, 0.15) is 28.4 Å². The Bertz CT molecular complexity index is 759. The van der Waals surface area contributed by atoms with Gasteiger partial charge < -0.3 is 0 Å². The Morgan fingerprint density at radius 2 is 2.04 bits per heavy atom. The molecule has 1 atom stereocenters. The standard InChI is InChI=1S/C16H13ClN4O2/c17-12-5-3-10(4-6-12)13-8-14(22)20-16(19-13)21-15(23)11-2-1-7-18-9-11/h1-7,9,13H,8H2,(H2,19,20,21,22,23)/t13-/m1/s1. The average molecular weight is 329 g/mol. The minimum absolute atomic E-state index is 0.134. The molecule has 0 aliphatic carbocycles. The van der Waals surface area contributed by atoms with Gasteiger partial charge in [-0.2, -0.15) is 0 Å². The molecule has 2 N–H and O–H groups in total. The summed E-state index contributed by atoms with van der Waals surface area (Å²) in [6.07, 6.45) is 3.23. The maximum Gasteiger partial charge on any atom is 0.259 e. The molecule has 0 bridgehead atoms. The molecule has 3 rings (SSSR count). The molecule has 0 saturated carbocycles. The first-order chi connectivity index (χ1) is 11.1. The van der Waals surface area contributed by atoms with Crippen molar-refractivity contribution in [2.75, 3.05) is 0 Å². The number of rotatable bonds is 2. The van der Waals surface area contributed by atoms with Crippen LogP contribution in [-0.4, -0.2) is 22.8 Å². The Kier molecular flexibility index (Phi) is 4.34. The number of aliphatic imine (C=N–C) groups is 1. The number of amides is 2. The predicted molar refractivity (Wildman–Crippen MR) is 86.1 cm³/mol. The highest BCUT2D eigenvalue weighted by Gasteiger charge is 2.23. The van der Waals surface area contributed by atoms with Gasteiger partial charge in [0, 0.05) is 17.4 Å². The van der Waals surface area contributed by atoms with Crippen LogP contribution in [0.2, 0.25) is 5.02 Å². The van der Waals surface area contributed by atoms with Crippen LogP contribution in [0.5, 0.6) is 0 Å². The third kappa shape index (κ3) is 3.73. The Hall–Kier alpha value is -2.73. The van der Waals surface area contributed by atoms with E-state index in [2.05, 4.69) is 20.6 Å². The van der Waals surface area contributed by atoms with Gasteiger partial charge in [0.05, 0.1) is 18.0 Å². The monoisotopic (exact) mass is 328 g/mol. The average Bonchev–Trinajstić information content (AvgIpc) is 2.56. The number of carbonyl (C=O) groups excluding carboxylic acids is 2. The van der Waals surface area contributed by atoms with Gasteiger partial charge in [0.15, 0.2) is 0 Å². The number of guanidine groups is 1. The molecule has 0 spiro atoms. The van der Waals surface area contributed by atoms with E-state index in [9.17, 15) is 9.59 Å². The van der Waals surface area contributed by atoms with Gasteiger partial charge in [0.25, 0.3) is 5.91 Å². The highest BCUT2D eigenvalue weighted by Crippen LogP contribution is 2.24. The quantitative estimate of drug-likeness (QED) is 0.885. The maximum atomic E-state index is 12.1. The van der Waals surface area contributed by atoms with E-state index in [1.165, 1.54) is 6.20 Å². The molecule has 6 nitrogen and oxygen atoms in total. The summed E-state index contributed by atoms with van der Waals surface area (Å²) < 4.78 is 0. The SMILES string of the molecule is O=C1C[C@H](c2ccc(Cl)cc2)N=C(NC(=O)c2cccnc2)N1. The van der Waals surface area contributed by atoms with Gasteiger partial charge in [-0.3, -0.25) is 25.2 Å². The molecule has 2 heterocycles. The first-order valence-electron chi connectivity index (χ1n) is 6.96. The van der Waals surface area contributed by atoms with E-state index in [0.29, 0.717) is 10.6 Å². The van der Waals surface area contributed by atoms with E-state index < -0.39 is 0 Å². The van der Waals surface area contributed by atoms with Crippen molar-refractivity contribution in [1.82, 2.24) is 15.6 Å². The lowest BCUT2D eigenvalue weighted by Crippen LogP contribution is -2.47. The lowest BCUT2D eigenvalue weighted by Gasteiger charge is -2.21. The minimum Gasteiger partial charge on any atom is -0.296 e. The number of hydrogen-bond acceptors (Lipinski definition) is 4. The molecule has 23 heavy (non-hydrogen) atoms. The lowest BCUT2D eigenvalue weighted by atomic mass is 10.0. The van der Waals surface area contributed by atoms with Crippen LogP contribution in [0, 0.1) is 0 Å². The summed E-state index contributed by atoms with van der Waals surface area (Å²) in [6.45, 7) is 0. The number of hydrogen-bond donors (Lipinski definition) is 2. The molecule has 0 fully saturated rings. The van der Waals surface area contributed by atoms with Gasteiger partial charge in [-0.1, -0.05) is 23.7 Å². The third-order valence-corrected chi connectivity index (χ3v) is 3.58. The normalized spacial score (nSPS) is 17.2. The summed E-state index contributed by atoms with van der Waals surface area (Å²) in [6, 6.07) is 10.0. The summed E-state index contributed by atoms with van der Waals surface area (Å²) in [5.74, 6) is -0.453. The summed E-state index contributed by atoms with van der Waals surface area (Å²) in [7, 11) is 0. The number of pyridine rings is 1. The van der Waals surface area contributed by atoms with Crippen molar-refractivity contribution in [2.24, 2.45) is 4.99 Å². The largest absolute Gasteiger partial charge is 0.296 e. The minimum atomic E-state index is -0.381. The second kappa shape index (κ2) is 6.58. The molecule has 0 radical (unpaired) electrons. The fourth-order valence-corrected chi connectivity index (χ4v) is 2.34. The fraction of sp³-hybridized carbons (Fsp3) is 0.125. The van der Waals surface area contributed by atoms with E-state index in [-0.39, 0.29) is 30.2 Å². The van der Waals surface area contributed by atoms with Crippen molar-refractivity contribution < 1.29 is 9.59 Å². The van der Waals surface area contributed by atoms with Crippen LogP contribution in [-0.2, 0) is 4.79 Å². The van der Waals surface area contributed by atoms with E-state index in [1.807, 2.05) is 12.1 Å². The van der Waals surface area contributed by atoms with Crippen molar-refractivity contribution in [1.29, 1.82) is 0 Å². The summed E-state index contributed by atoms with van der Waals surface area (Å²) in [4.78, 5) is 32.2. The summed E-state index contributed by atoms with van der Waals surface area (Å²) in [5, 5.41) is 5.76. The number of benzene rings is 1. The van der Waals surface area contributed by atoms with Crippen molar-refractivity contribution in [3.63, 3.8) is 0 Å². The Labute approximate surface area is 137 Å². The van der Waals surface area contributed by atoms with Crippen LogP contribution in [0.4, 0.5) is 0 Å². The molecule has 0 saturated heterocycles. The fourth-order valence-electron chi connectivity index (χ4n) is 2.21. The Morgan fingerprint density at radius 3 is 2.74 bits per heavy atom. The van der Waals surface area contributed by atoms with Gasteiger partial charge in [0.2, 0.25) is 11.9 Å². The number of halogens is 1. The van der Waals surface area contributed by atoms with E-state index in [0.717, 1.165) is 5.56 Å². The van der Waals surface area contributed by atoms with Crippen molar-refractivity contribution in [3.05, 3.63) is 64.9 Å². The molecule has 1 aromatic heterocycles. The summed E-state index contributed by atoms with van der Waals surface area (Å²) in [5.41, 5.74) is 1.25. The van der Waals surface area contributed by atoms with E-state index >= 15 is 0 Å². The second-order valence-electron chi connectivity index (χ2n) is 4.99. The highest BCUT2D eigenvalue weighted by molar-refractivity contribution is 6.30. The Morgan fingerprint density at radius 1 is 1.26 bits per heavy atom. The zero-order valence-electron chi connectivity index (χ0n) is 12.0. The van der Waals surface area contributed by atoms with Crippen molar-refractivity contribution >= 4 is 29.4 Å². The molecule has 1 aromatic carbocycles. The number of aromatic nitrogens is 1. The number of carbonyl (C=O) groups is 2.